The van der Waals surface area contributed by atoms with Crippen LogP contribution in [0.3, 0.4) is 0 Å². The molecule has 11 heteroatoms. The Morgan fingerprint density at radius 3 is 2.27 bits per heavy atom. The van der Waals surface area contributed by atoms with Gasteiger partial charge in [-0.05, 0) is 30.3 Å². The highest BCUT2D eigenvalue weighted by Crippen LogP contribution is 2.20. The normalized spacial score (nSPS) is 11.4. The first-order chi connectivity index (χ1) is 14.1. The molecule has 0 saturated carbocycles. The maximum absolute atomic E-state index is 14.0. The van der Waals surface area contributed by atoms with Crippen molar-refractivity contribution >= 4 is 27.6 Å². The van der Waals surface area contributed by atoms with Crippen LogP contribution in [0.4, 0.5) is 18.9 Å². The van der Waals surface area contributed by atoms with Crippen molar-refractivity contribution < 1.29 is 35.9 Å². The summed E-state index contributed by atoms with van der Waals surface area (Å²) in [5.74, 6) is -5.15. The van der Waals surface area contributed by atoms with Gasteiger partial charge in [0.2, 0.25) is 10.0 Å². The SMILES string of the molecule is CCN(CC)S(=O)(=O)c1ccc(F)c(C(=O)OCC(=O)Nc2ccc(F)cc2F)c1. The summed E-state index contributed by atoms with van der Waals surface area (Å²) in [6, 6.07) is 5.10. The lowest BCUT2D eigenvalue weighted by atomic mass is 10.2. The second-order valence-electron chi connectivity index (χ2n) is 5.98. The van der Waals surface area contributed by atoms with E-state index in [1.54, 1.807) is 13.8 Å². The third-order valence-corrected chi connectivity index (χ3v) is 6.09. The Balaban J connectivity index is 2.12. The van der Waals surface area contributed by atoms with Gasteiger partial charge in [-0.1, -0.05) is 13.8 Å². The maximum atomic E-state index is 14.0. The number of halogens is 3. The fourth-order valence-corrected chi connectivity index (χ4v) is 4.00. The Labute approximate surface area is 171 Å². The van der Waals surface area contributed by atoms with Gasteiger partial charge in [-0.3, -0.25) is 4.79 Å². The number of carbonyl (C=O) groups excluding carboxylic acids is 2. The summed E-state index contributed by atoms with van der Waals surface area (Å²) in [5, 5.41) is 2.07. The highest BCUT2D eigenvalue weighted by atomic mass is 32.2. The molecule has 0 aliphatic carbocycles. The lowest BCUT2D eigenvalue weighted by Gasteiger charge is -2.18. The zero-order valence-electron chi connectivity index (χ0n) is 16.1. The molecule has 2 rings (SSSR count). The maximum Gasteiger partial charge on any atom is 0.341 e. The molecular weight excluding hydrogens is 425 g/mol. The molecule has 1 N–H and O–H groups in total. The van der Waals surface area contributed by atoms with Crippen molar-refractivity contribution in [1.82, 2.24) is 4.31 Å². The van der Waals surface area contributed by atoms with Crippen LogP contribution in [0, 0.1) is 17.5 Å². The summed E-state index contributed by atoms with van der Waals surface area (Å²) in [7, 11) is -3.95. The van der Waals surface area contributed by atoms with E-state index in [0.29, 0.717) is 6.07 Å². The summed E-state index contributed by atoms with van der Waals surface area (Å²) < 4.78 is 71.3. The van der Waals surface area contributed by atoms with Crippen LogP contribution in [0.1, 0.15) is 24.2 Å². The summed E-state index contributed by atoms with van der Waals surface area (Å²) in [5.41, 5.74) is -1.01. The Hall–Kier alpha value is -2.92. The van der Waals surface area contributed by atoms with E-state index in [1.165, 1.54) is 0 Å². The molecule has 0 aliphatic heterocycles. The number of nitrogens with one attached hydrogen (secondary N) is 1. The number of ether oxygens (including phenoxy) is 1. The Morgan fingerprint density at radius 2 is 1.67 bits per heavy atom. The molecule has 1 amide bonds. The number of esters is 1. The minimum Gasteiger partial charge on any atom is -0.452 e. The molecule has 2 aromatic carbocycles. The van der Waals surface area contributed by atoms with Crippen LogP contribution in [0.5, 0.6) is 0 Å². The molecule has 2 aromatic rings. The van der Waals surface area contributed by atoms with E-state index in [1.807, 2.05) is 0 Å². The average molecular weight is 444 g/mol. The summed E-state index contributed by atoms with van der Waals surface area (Å²) in [6.45, 7) is 2.71. The van der Waals surface area contributed by atoms with E-state index >= 15 is 0 Å². The second-order valence-corrected chi connectivity index (χ2v) is 7.92. The molecule has 0 bridgehead atoms. The smallest absolute Gasteiger partial charge is 0.341 e. The number of sulfonamides is 1. The Morgan fingerprint density at radius 1 is 1.00 bits per heavy atom. The number of carbonyl (C=O) groups is 2. The predicted octanol–water partition coefficient (Wildman–Crippen LogP) is 2.93. The molecule has 0 fully saturated rings. The molecule has 0 spiro atoms. The van der Waals surface area contributed by atoms with Crippen LogP contribution in [-0.2, 0) is 19.6 Å². The van der Waals surface area contributed by atoms with E-state index in [-0.39, 0.29) is 23.7 Å². The third kappa shape index (κ3) is 5.36. The van der Waals surface area contributed by atoms with E-state index in [4.69, 9.17) is 4.74 Å². The van der Waals surface area contributed by atoms with Crippen molar-refractivity contribution in [3.8, 4) is 0 Å². The summed E-state index contributed by atoms with van der Waals surface area (Å²) >= 11 is 0. The lowest BCUT2D eigenvalue weighted by molar-refractivity contribution is -0.119. The molecule has 0 saturated heterocycles. The van der Waals surface area contributed by atoms with Crippen LogP contribution in [-0.4, -0.2) is 44.3 Å². The molecule has 30 heavy (non-hydrogen) atoms. The molecule has 7 nitrogen and oxygen atoms in total. The van der Waals surface area contributed by atoms with Crippen LogP contribution < -0.4 is 5.32 Å². The fourth-order valence-electron chi connectivity index (χ4n) is 2.52. The van der Waals surface area contributed by atoms with Gasteiger partial charge in [0.05, 0.1) is 16.1 Å². The van der Waals surface area contributed by atoms with Crippen LogP contribution in [0.2, 0.25) is 0 Å². The van der Waals surface area contributed by atoms with E-state index < -0.39 is 51.5 Å². The van der Waals surface area contributed by atoms with E-state index in [2.05, 4.69) is 5.32 Å². The molecule has 0 aliphatic rings. The van der Waals surface area contributed by atoms with Gasteiger partial charge in [0.25, 0.3) is 5.91 Å². The number of hydrogen-bond acceptors (Lipinski definition) is 5. The minimum atomic E-state index is -3.95. The predicted molar refractivity (Wildman–Crippen MR) is 102 cm³/mol. The molecule has 0 aromatic heterocycles. The van der Waals surface area contributed by atoms with Gasteiger partial charge >= 0.3 is 5.97 Å². The fraction of sp³-hybridized carbons (Fsp3) is 0.263. The standard InChI is InChI=1S/C19H19F3N2O5S/c1-3-24(4-2)30(27,28)13-6-7-15(21)14(10-13)19(26)29-11-18(25)23-17-8-5-12(20)9-16(17)22/h5-10H,3-4,11H2,1-2H3,(H,23,25). The molecule has 0 heterocycles. The number of nitrogens with zero attached hydrogens (tertiary/aromatic N) is 1. The van der Waals surface area contributed by atoms with Gasteiger partial charge in [-0.25, -0.2) is 26.4 Å². The van der Waals surface area contributed by atoms with Gasteiger partial charge in [0, 0.05) is 19.2 Å². The largest absolute Gasteiger partial charge is 0.452 e. The number of rotatable bonds is 8. The van der Waals surface area contributed by atoms with Crippen molar-refractivity contribution in [2.24, 2.45) is 0 Å². The van der Waals surface area contributed by atoms with Crippen molar-refractivity contribution in [3.63, 3.8) is 0 Å². The Kier molecular flexibility index (Phi) is 7.57. The number of benzene rings is 2. The van der Waals surface area contributed by atoms with Crippen molar-refractivity contribution in [2.45, 2.75) is 18.7 Å². The highest BCUT2D eigenvalue weighted by molar-refractivity contribution is 7.89. The molecule has 162 valence electrons. The highest BCUT2D eigenvalue weighted by Gasteiger charge is 2.25. The van der Waals surface area contributed by atoms with Gasteiger partial charge in [0.1, 0.15) is 17.5 Å². The molecule has 0 atom stereocenters. The van der Waals surface area contributed by atoms with E-state index in [9.17, 15) is 31.2 Å². The zero-order chi connectivity index (χ0) is 22.5. The number of amides is 1. The van der Waals surface area contributed by atoms with Gasteiger partial charge in [-0.15, -0.1) is 0 Å². The summed E-state index contributed by atoms with van der Waals surface area (Å²) in [6.07, 6.45) is 0. The van der Waals surface area contributed by atoms with Gasteiger partial charge < -0.3 is 10.1 Å². The Bertz CT molecular complexity index is 1060. The average Bonchev–Trinajstić information content (AvgIpc) is 2.69. The van der Waals surface area contributed by atoms with Crippen molar-refractivity contribution in [1.29, 1.82) is 0 Å². The first-order valence-corrected chi connectivity index (χ1v) is 10.3. The first-order valence-electron chi connectivity index (χ1n) is 8.81. The summed E-state index contributed by atoms with van der Waals surface area (Å²) in [4.78, 5) is 23.7. The van der Waals surface area contributed by atoms with Crippen molar-refractivity contribution in [3.05, 3.63) is 59.4 Å². The topological polar surface area (TPSA) is 92.8 Å². The monoisotopic (exact) mass is 444 g/mol. The lowest BCUT2D eigenvalue weighted by Crippen LogP contribution is -2.30. The molecule has 0 radical (unpaired) electrons. The zero-order valence-corrected chi connectivity index (χ0v) is 16.9. The number of hydrogen-bond donors (Lipinski definition) is 1. The van der Waals surface area contributed by atoms with E-state index in [0.717, 1.165) is 34.6 Å². The molecular formula is C19H19F3N2O5S. The van der Waals surface area contributed by atoms with Crippen LogP contribution in [0.15, 0.2) is 41.3 Å². The second kappa shape index (κ2) is 9.72. The van der Waals surface area contributed by atoms with Gasteiger partial charge in [0.15, 0.2) is 6.61 Å². The van der Waals surface area contributed by atoms with Crippen molar-refractivity contribution in [2.75, 3.05) is 25.0 Å². The van der Waals surface area contributed by atoms with Crippen LogP contribution >= 0.6 is 0 Å². The molecule has 0 unspecified atom stereocenters. The first kappa shape index (κ1) is 23.4. The quantitative estimate of drug-likeness (QED) is 0.632. The van der Waals surface area contributed by atoms with Crippen LogP contribution in [0.25, 0.3) is 0 Å². The minimum absolute atomic E-state index is 0.177. The number of anilines is 1. The van der Waals surface area contributed by atoms with Gasteiger partial charge in [-0.2, -0.15) is 4.31 Å². The third-order valence-electron chi connectivity index (χ3n) is 4.04.